The van der Waals surface area contributed by atoms with Crippen molar-refractivity contribution < 1.29 is 48.7 Å². The van der Waals surface area contributed by atoms with E-state index in [4.69, 9.17) is 9.47 Å². The molecule has 5 N–H and O–H groups in total. The summed E-state index contributed by atoms with van der Waals surface area (Å²) in [5.41, 5.74) is 2.27. The van der Waals surface area contributed by atoms with Gasteiger partial charge < -0.3 is 39.8 Å². The second-order valence-electron chi connectivity index (χ2n) is 16.2. The van der Waals surface area contributed by atoms with Crippen LogP contribution in [0.1, 0.15) is 116 Å². The zero-order valence-electron chi connectivity index (χ0n) is 32.9. The summed E-state index contributed by atoms with van der Waals surface area (Å²) in [6.07, 6.45) is -4.67. The van der Waals surface area contributed by atoms with Crippen molar-refractivity contribution in [2.24, 2.45) is 0 Å². The van der Waals surface area contributed by atoms with Gasteiger partial charge in [0.1, 0.15) is 17.0 Å². The molecule has 298 valence electrons. The molecule has 0 saturated heterocycles. The van der Waals surface area contributed by atoms with Crippen molar-refractivity contribution in [2.45, 2.75) is 142 Å². The van der Waals surface area contributed by atoms with Crippen LogP contribution in [0.3, 0.4) is 0 Å². The van der Waals surface area contributed by atoms with Crippen LogP contribution in [0, 0.1) is 5.82 Å². The summed E-state index contributed by atoms with van der Waals surface area (Å²) < 4.78 is 26.7. The van der Waals surface area contributed by atoms with E-state index < -0.39 is 59.3 Å². The van der Waals surface area contributed by atoms with Crippen LogP contribution in [0.25, 0.3) is 22.4 Å². The minimum absolute atomic E-state index is 0.0657. The summed E-state index contributed by atoms with van der Waals surface area (Å²) in [6.45, 7) is 14.6. The minimum Gasteiger partial charge on any atom is -0.460 e. The van der Waals surface area contributed by atoms with Crippen molar-refractivity contribution in [3.8, 4) is 22.4 Å². The molecular formula is C42H59FN2O9. The normalized spacial score (nSPS) is 14.3. The predicted molar refractivity (Wildman–Crippen MR) is 205 cm³/mol. The first kappa shape index (κ1) is 44.3. The number of aliphatic hydroxyl groups is 4. The lowest BCUT2D eigenvalue weighted by Crippen LogP contribution is -2.31. The molecule has 3 rings (SSSR count). The molecule has 1 heterocycles. The third kappa shape index (κ3) is 14.0. The molecule has 1 aromatic heterocycles. The van der Waals surface area contributed by atoms with E-state index in [1.54, 1.807) is 53.7 Å². The van der Waals surface area contributed by atoms with Crippen LogP contribution in [0.2, 0.25) is 0 Å². The van der Waals surface area contributed by atoms with Gasteiger partial charge in [-0.05, 0) is 109 Å². The molecule has 0 aliphatic carbocycles. The van der Waals surface area contributed by atoms with E-state index in [1.807, 2.05) is 48.7 Å². The number of hydrogen-bond acceptors (Lipinski definition) is 9. The van der Waals surface area contributed by atoms with Crippen molar-refractivity contribution in [2.75, 3.05) is 6.54 Å². The average molecular weight is 755 g/mol. The van der Waals surface area contributed by atoms with Crippen molar-refractivity contribution >= 4 is 17.8 Å². The summed E-state index contributed by atoms with van der Waals surface area (Å²) in [5.74, 6) is -2.18. The van der Waals surface area contributed by atoms with E-state index in [9.17, 15) is 39.2 Å². The Morgan fingerprint density at radius 3 is 1.70 bits per heavy atom. The van der Waals surface area contributed by atoms with Gasteiger partial charge in [0.25, 0.3) is 5.91 Å². The number of nitrogens with zero attached hydrogens (tertiary/aromatic N) is 1. The highest BCUT2D eigenvalue weighted by atomic mass is 19.1. The number of esters is 2. The molecule has 0 fully saturated rings. The Hall–Kier alpha value is -4.10. The predicted octanol–water partition coefficient (Wildman–Crippen LogP) is 6.28. The van der Waals surface area contributed by atoms with Crippen LogP contribution < -0.4 is 5.32 Å². The summed E-state index contributed by atoms with van der Waals surface area (Å²) in [5, 5.41) is 45.6. The van der Waals surface area contributed by atoms with Crippen LogP contribution in [-0.4, -0.2) is 85.0 Å². The second-order valence-corrected chi connectivity index (χ2v) is 16.2. The van der Waals surface area contributed by atoms with E-state index >= 15 is 0 Å². The Balaban J connectivity index is 1.94. The number of carbonyl (C=O) groups excluding carboxylic acids is 3. The number of rotatable bonds is 18. The molecule has 54 heavy (non-hydrogen) atoms. The first-order chi connectivity index (χ1) is 25.1. The van der Waals surface area contributed by atoms with Gasteiger partial charge in [0, 0.05) is 24.3 Å². The second kappa shape index (κ2) is 19.5. The number of hydrogen-bond donors (Lipinski definition) is 5. The number of aromatic nitrogens is 1. The van der Waals surface area contributed by atoms with Gasteiger partial charge in [0.05, 0.1) is 48.5 Å². The lowest BCUT2D eigenvalue weighted by atomic mass is 9.94. The summed E-state index contributed by atoms with van der Waals surface area (Å²) in [6, 6.07) is 15.3. The van der Waals surface area contributed by atoms with Crippen LogP contribution in [0.5, 0.6) is 0 Å². The molecular weight excluding hydrogens is 695 g/mol. The molecule has 2 aromatic carbocycles. The van der Waals surface area contributed by atoms with Crippen molar-refractivity contribution in [3.05, 3.63) is 71.7 Å². The quantitative estimate of drug-likeness (QED) is 0.0939. The highest BCUT2D eigenvalue weighted by molar-refractivity contribution is 6.06. The number of halogens is 1. The van der Waals surface area contributed by atoms with Gasteiger partial charge in [-0.3, -0.25) is 14.4 Å². The van der Waals surface area contributed by atoms with E-state index in [0.717, 1.165) is 5.56 Å². The third-order valence-corrected chi connectivity index (χ3v) is 8.44. The molecule has 0 saturated carbocycles. The van der Waals surface area contributed by atoms with E-state index in [1.165, 1.54) is 12.1 Å². The zero-order chi connectivity index (χ0) is 40.4. The maximum Gasteiger partial charge on any atom is 0.308 e. The lowest BCUT2D eigenvalue weighted by Gasteiger charge is -2.22. The van der Waals surface area contributed by atoms with Gasteiger partial charge >= 0.3 is 11.9 Å². The first-order valence-electron chi connectivity index (χ1n) is 18.7. The number of ether oxygens (including phenoxy) is 2. The Labute approximate surface area is 318 Å². The van der Waals surface area contributed by atoms with Crippen LogP contribution in [0.4, 0.5) is 4.39 Å². The maximum absolute atomic E-state index is 14.3. The number of aliphatic hydroxyl groups excluding tert-OH is 4. The third-order valence-electron chi connectivity index (χ3n) is 8.44. The minimum atomic E-state index is -1.13. The maximum atomic E-state index is 14.3. The first-order valence-corrected chi connectivity index (χ1v) is 18.7. The number of carbonyl (C=O) groups is 3. The Bertz CT molecular complexity index is 1670. The van der Waals surface area contributed by atoms with Crippen LogP contribution in [0.15, 0.2) is 54.6 Å². The van der Waals surface area contributed by atoms with Gasteiger partial charge in [0.2, 0.25) is 0 Å². The Morgan fingerprint density at radius 1 is 0.722 bits per heavy atom. The molecule has 0 spiro atoms. The molecule has 12 heteroatoms. The summed E-state index contributed by atoms with van der Waals surface area (Å²) >= 11 is 0. The molecule has 0 unspecified atom stereocenters. The standard InChI is InChI=1S/C42H59FN2O9/c1-26(2)38-37(40(52)44-20-18-30(46)22-32(48)24-34(50)53-41(3,4)5)36(27-12-10-9-11-13-27)39(28-14-16-29(43)17-15-28)45(38)21-19-31(47)23-33(49)25-35(51)54-42(6,7)8/h9-17,26,30-33,46-49H,18-25H2,1-8H3,(H,44,52)/t30-,31-,32-,33-/m1/s1. The largest absolute Gasteiger partial charge is 0.460 e. The molecule has 1 amide bonds. The van der Waals surface area contributed by atoms with Crippen molar-refractivity contribution in [1.82, 2.24) is 9.88 Å². The molecule has 4 atom stereocenters. The molecule has 0 radical (unpaired) electrons. The molecule has 0 aliphatic rings. The average Bonchev–Trinajstić information content (AvgIpc) is 3.38. The number of nitrogens with one attached hydrogen (secondary N) is 1. The van der Waals surface area contributed by atoms with Crippen LogP contribution >= 0.6 is 0 Å². The van der Waals surface area contributed by atoms with Gasteiger partial charge in [0.15, 0.2) is 0 Å². The zero-order valence-corrected chi connectivity index (χ0v) is 32.9. The van der Waals surface area contributed by atoms with Gasteiger partial charge in [-0.25, -0.2) is 4.39 Å². The monoisotopic (exact) mass is 754 g/mol. The Kier molecular flexibility index (Phi) is 16.0. The number of amides is 1. The summed E-state index contributed by atoms with van der Waals surface area (Å²) in [7, 11) is 0. The van der Waals surface area contributed by atoms with Crippen LogP contribution in [-0.2, 0) is 25.6 Å². The van der Waals surface area contributed by atoms with E-state index in [-0.39, 0.29) is 57.5 Å². The molecule has 0 bridgehead atoms. The highest BCUT2D eigenvalue weighted by Crippen LogP contribution is 2.42. The summed E-state index contributed by atoms with van der Waals surface area (Å²) in [4.78, 5) is 38.7. The SMILES string of the molecule is CC(C)c1c(C(=O)NCC[C@@H](O)C[C@@H](O)CC(=O)OC(C)(C)C)c(-c2ccccc2)c(-c2ccc(F)cc2)n1CC[C@@H](O)C[C@@H](O)CC(=O)OC(C)(C)C. The fourth-order valence-electron chi connectivity index (χ4n) is 6.39. The molecule has 3 aromatic rings. The fraction of sp³-hybridized carbons (Fsp3) is 0.548. The number of benzene rings is 2. The van der Waals surface area contributed by atoms with E-state index in [0.29, 0.717) is 28.1 Å². The highest BCUT2D eigenvalue weighted by Gasteiger charge is 2.31. The van der Waals surface area contributed by atoms with Gasteiger partial charge in [-0.2, -0.15) is 0 Å². The lowest BCUT2D eigenvalue weighted by molar-refractivity contribution is -0.158. The van der Waals surface area contributed by atoms with Gasteiger partial charge in [-0.15, -0.1) is 0 Å². The molecule has 11 nitrogen and oxygen atoms in total. The van der Waals surface area contributed by atoms with Crippen molar-refractivity contribution in [1.29, 1.82) is 0 Å². The smallest absolute Gasteiger partial charge is 0.308 e. The van der Waals surface area contributed by atoms with Crippen molar-refractivity contribution in [3.63, 3.8) is 0 Å². The molecule has 0 aliphatic heterocycles. The Morgan fingerprint density at radius 2 is 1.22 bits per heavy atom. The van der Waals surface area contributed by atoms with E-state index in [2.05, 4.69) is 5.32 Å². The topological polar surface area (TPSA) is 168 Å². The fourth-order valence-corrected chi connectivity index (χ4v) is 6.39. The van der Waals surface area contributed by atoms with Gasteiger partial charge in [-0.1, -0.05) is 44.2 Å².